The third-order valence-electron chi connectivity index (χ3n) is 6.56. The van der Waals surface area contributed by atoms with Crippen LogP contribution < -0.4 is 15.9 Å². The number of hydrazine groups is 1. The van der Waals surface area contributed by atoms with E-state index < -0.39 is 15.8 Å². The molecule has 1 fully saturated rings. The Morgan fingerprint density at radius 1 is 1.00 bits per heavy atom. The summed E-state index contributed by atoms with van der Waals surface area (Å²) >= 11 is 6.01. The van der Waals surface area contributed by atoms with Crippen molar-refractivity contribution in [3.8, 4) is 11.1 Å². The number of nitrogens with zero attached hydrogens (tertiary/aromatic N) is 2. The molecule has 7 nitrogen and oxygen atoms in total. The number of nitrogens with two attached hydrogens (primary N) is 1. The van der Waals surface area contributed by atoms with Crippen molar-refractivity contribution < 1.29 is 12.8 Å². The summed E-state index contributed by atoms with van der Waals surface area (Å²) in [4.78, 5) is 4.47. The van der Waals surface area contributed by atoms with Gasteiger partial charge in [0, 0.05) is 12.1 Å². The number of anilines is 1. The van der Waals surface area contributed by atoms with Crippen LogP contribution in [0.3, 0.4) is 0 Å². The topological polar surface area (TPSA) is 99.8 Å². The highest BCUT2D eigenvalue weighted by Gasteiger charge is 2.22. The summed E-state index contributed by atoms with van der Waals surface area (Å²) < 4.78 is 42.5. The van der Waals surface area contributed by atoms with Gasteiger partial charge < -0.3 is 5.73 Å². The van der Waals surface area contributed by atoms with Gasteiger partial charge in [0.1, 0.15) is 17.1 Å². The molecule has 0 unspecified atom stereocenters. The molecule has 3 aromatic carbocycles. The third-order valence-corrected chi connectivity index (χ3v) is 8.42. The molecule has 188 valence electrons. The van der Waals surface area contributed by atoms with Crippen molar-refractivity contribution in [2.75, 3.05) is 4.72 Å². The lowest BCUT2D eigenvalue weighted by Crippen LogP contribution is -2.47. The van der Waals surface area contributed by atoms with Crippen LogP contribution in [-0.4, -0.2) is 31.8 Å². The normalized spacial score (nSPS) is 19.7. The number of halogens is 2. The van der Waals surface area contributed by atoms with Crippen LogP contribution in [0.2, 0.25) is 5.02 Å². The van der Waals surface area contributed by atoms with Gasteiger partial charge in [-0.3, -0.25) is 9.73 Å². The van der Waals surface area contributed by atoms with Gasteiger partial charge >= 0.3 is 0 Å². The Labute approximate surface area is 215 Å². The summed E-state index contributed by atoms with van der Waals surface area (Å²) in [5, 5.41) is 2.07. The predicted molar refractivity (Wildman–Crippen MR) is 141 cm³/mol. The molecule has 0 saturated heterocycles. The predicted octanol–water partition coefficient (Wildman–Crippen LogP) is 5.20. The summed E-state index contributed by atoms with van der Waals surface area (Å²) in [7, 11) is -4.03. The lowest BCUT2D eigenvalue weighted by molar-refractivity contribution is 0.213. The van der Waals surface area contributed by atoms with Gasteiger partial charge in [0.2, 0.25) is 0 Å². The monoisotopic (exact) mass is 527 g/mol. The van der Waals surface area contributed by atoms with E-state index in [4.69, 9.17) is 17.3 Å². The molecule has 1 heterocycles. The zero-order chi connectivity index (χ0) is 25.3. The zero-order valence-electron chi connectivity index (χ0n) is 19.5. The first-order chi connectivity index (χ1) is 17.3. The molecule has 0 atom stereocenters. The zero-order valence-corrected chi connectivity index (χ0v) is 21.1. The molecule has 0 amide bonds. The Kier molecular flexibility index (Phi) is 6.98. The van der Waals surface area contributed by atoms with E-state index in [0.29, 0.717) is 24.2 Å². The summed E-state index contributed by atoms with van der Waals surface area (Å²) in [6.07, 6.45) is 5.94. The van der Waals surface area contributed by atoms with E-state index in [1.807, 2.05) is 23.2 Å². The maximum Gasteiger partial charge on any atom is 0.263 e. The summed E-state index contributed by atoms with van der Waals surface area (Å²) in [6.45, 7) is 0.679. The molecule has 4 N–H and O–H groups in total. The Balaban J connectivity index is 1.29. The van der Waals surface area contributed by atoms with Crippen molar-refractivity contribution in [2.24, 2.45) is 10.7 Å². The summed E-state index contributed by atoms with van der Waals surface area (Å²) in [6, 6.07) is 16.9. The van der Waals surface area contributed by atoms with Crippen molar-refractivity contribution in [3.63, 3.8) is 0 Å². The van der Waals surface area contributed by atoms with Gasteiger partial charge in [-0.25, -0.2) is 23.2 Å². The minimum absolute atomic E-state index is 0.0633. The second-order valence-corrected chi connectivity index (χ2v) is 11.2. The molecular weight excluding hydrogens is 501 g/mol. The van der Waals surface area contributed by atoms with Crippen LogP contribution in [0.1, 0.15) is 31.2 Å². The van der Waals surface area contributed by atoms with Crippen molar-refractivity contribution in [1.82, 2.24) is 10.4 Å². The summed E-state index contributed by atoms with van der Waals surface area (Å²) in [5.41, 5.74) is 12.7. The fourth-order valence-electron chi connectivity index (χ4n) is 4.56. The van der Waals surface area contributed by atoms with E-state index in [2.05, 4.69) is 15.1 Å². The van der Waals surface area contributed by atoms with E-state index in [1.165, 1.54) is 24.3 Å². The molecule has 5 rings (SSSR count). The van der Waals surface area contributed by atoms with Crippen LogP contribution in [-0.2, 0) is 16.6 Å². The van der Waals surface area contributed by atoms with Gasteiger partial charge in [0.15, 0.2) is 0 Å². The highest BCUT2D eigenvalue weighted by Crippen LogP contribution is 2.32. The molecule has 1 aliphatic heterocycles. The number of fused-ring (bicyclic) bond motifs is 1. The molecule has 36 heavy (non-hydrogen) atoms. The number of aliphatic imine (C=N–C) groups is 1. The Hall–Kier alpha value is -2.98. The molecule has 2 aliphatic rings. The highest BCUT2D eigenvalue weighted by atomic mass is 35.5. The average molecular weight is 528 g/mol. The van der Waals surface area contributed by atoms with E-state index in [9.17, 15) is 12.8 Å². The van der Waals surface area contributed by atoms with Crippen molar-refractivity contribution >= 4 is 39.3 Å². The van der Waals surface area contributed by atoms with Gasteiger partial charge in [-0.05, 0) is 72.7 Å². The number of hydrogen-bond acceptors (Lipinski definition) is 6. The SMILES string of the molecule is N[C@H]1CC[C@H](NN2C=Nc3cc(-c4ccc(NS(=O)(=O)c5ccccc5Cl)c(F)c4)ccc3C2)CC1. The first-order valence-corrected chi connectivity index (χ1v) is 13.7. The van der Waals surface area contributed by atoms with Crippen LogP contribution in [0.25, 0.3) is 11.1 Å². The third kappa shape index (κ3) is 5.39. The van der Waals surface area contributed by atoms with Gasteiger partial charge in [0.05, 0.1) is 22.9 Å². The standard InChI is InChI=1S/C26H27ClFN5O2S/c27-22-3-1-2-4-26(22)36(34,35)32-24-12-7-17(13-23(24)28)18-5-6-19-15-33(16-30-25(19)14-18)31-21-10-8-20(29)9-11-21/h1-7,12-14,16,20-21,31-32H,8-11,15,29H2/t20-,21-. The molecular formula is C26H27ClFN5O2S. The maximum atomic E-state index is 14.9. The van der Waals surface area contributed by atoms with E-state index in [-0.39, 0.29) is 15.6 Å². The minimum Gasteiger partial charge on any atom is -0.328 e. The van der Waals surface area contributed by atoms with Gasteiger partial charge in [0.25, 0.3) is 10.0 Å². The van der Waals surface area contributed by atoms with E-state index >= 15 is 0 Å². The van der Waals surface area contributed by atoms with Crippen molar-refractivity contribution in [3.05, 3.63) is 77.1 Å². The van der Waals surface area contributed by atoms with Gasteiger partial charge in [-0.2, -0.15) is 0 Å². The van der Waals surface area contributed by atoms with Gasteiger partial charge in [-0.15, -0.1) is 0 Å². The first-order valence-electron chi connectivity index (χ1n) is 11.8. The lowest BCUT2D eigenvalue weighted by Gasteiger charge is -2.33. The van der Waals surface area contributed by atoms with Crippen molar-refractivity contribution in [1.29, 1.82) is 0 Å². The average Bonchev–Trinajstić information content (AvgIpc) is 2.86. The Morgan fingerprint density at radius 3 is 2.47 bits per heavy atom. The molecule has 3 aromatic rings. The van der Waals surface area contributed by atoms with Crippen molar-refractivity contribution in [2.45, 2.75) is 49.2 Å². The second-order valence-electron chi connectivity index (χ2n) is 9.19. The summed E-state index contributed by atoms with van der Waals surface area (Å²) in [5.74, 6) is -0.688. The van der Waals surface area contributed by atoms with Crippen LogP contribution in [0, 0.1) is 5.82 Å². The molecule has 1 aliphatic carbocycles. The minimum atomic E-state index is -4.03. The second kappa shape index (κ2) is 10.2. The number of nitrogens with one attached hydrogen (secondary N) is 2. The van der Waals surface area contributed by atoms with Crippen LogP contribution in [0.4, 0.5) is 15.8 Å². The quantitative estimate of drug-likeness (QED) is 0.409. The highest BCUT2D eigenvalue weighted by molar-refractivity contribution is 7.92. The van der Waals surface area contributed by atoms with E-state index in [0.717, 1.165) is 42.5 Å². The maximum absolute atomic E-state index is 14.9. The fourth-order valence-corrected chi connectivity index (χ4v) is 6.14. The number of sulfonamides is 1. The smallest absolute Gasteiger partial charge is 0.263 e. The van der Waals surface area contributed by atoms with Crippen LogP contribution >= 0.6 is 11.6 Å². The Bertz CT molecular complexity index is 1410. The number of rotatable bonds is 6. The Morgan fingerprint density at radius 2 is 1.72 bits per heavy atom. The molecule has 0 aromatic heterocycles. The number of benzene rings is 3. The molecule has 0 spiro atoms. The van der Waals surface area contributed by atoms with Gasteiger partial charge in [-0.1, -0.05) is 41.9 Å². The molecule has 1 saturated carbocycles. The molecule has 10 heteroatoms. The van der Waals surface area contributed by atoms with Crippen LogP contribution in [0.5, 0.6) is 0 Å². The molecule has 0 bridgehead atoms. The lowest BCUT2D eigenvalue weighted by atomic mass is 9.92. The number of hydrogen-bond donors (Lipinski definition) is 3. The molecule has 0 radical (unpaired) electrons. The first kappa shape index (κ1) is 24.7. The largest absolute Gasteiger partial charge is 0.328 e. The van der Waals surface area contributed by atoms with Crippen LogP contribution in [0.15, 0.2) is 70.6 Å². The van der Waals surface area contributed by atoms with E-state index in [1.54, 1.807) is 24.5 Å². The fraction of sp³-hybridized carbons (Fsp3) is 0.269.